The zero-order chi connectivity index (χ0) is 10.9. The van der Waals surface area contributed by atoms with E-state index in [1.807, 2.05) is 11.3 Å². The minimum absolute atomic E-state index is 0.485. The molecule has 0 amide bonds. The molecule has 0 aliphatic carbocycles. The van der Waals surface area contributed by atoms with E-state index in [1.54, 1.807) is 0 Å². The molecule has 0 aliphatic rings. The largest absolute Gasteiger partial charge is 0.271 e. The average Bonchev–Trinajstić information content (AvgIpc) is 2.76. The number of aryl methyl sites for hydroxylation is 1. The molecule has 0 spiro atoms. The van der Waals surface area contributed by atoms with E-state index in [-0.39, 0.29) is 0 Å². The second-order valence-corrected chi connectivity index (χ2v) is 5.01. The van der Waals surface area contributed by atoms with Crippen molar-refractivity contribution in [2.45, 2.75) is 51.5 Å². The van der Waals surface area contributed by atoms with Crippen molar-refractivity contribution >= 4 is 11.3 Å². The van der Waals surface area contributed by atoms with Gasteiger partial charge in [-0.15, -0.1) is 11.3 Å². The fourth-order valence-corrected chi connectivity index (χ4v) is 2.45. The second-order valence-electron chi connectivity index (χ2n) is 3.98. The lowest BCUT2D eigenvalue weighted by molar-refractivity contribution is 0.445. The first-order chi connectivity index (χ1) is 7.36. The Kier molecular flexibility index (Phi) is 6.64. The monoisotopic (exact) mass is 226 g/mol. The van der Waals surface area contributed by atoms with Crippen molar-refractivity contribution < 1.29 is 0 Å². The summed E-state index contributed by atoms with van der Waals surface area (Å²) in [6.45, 7) is 2.23. The van der Waals surface area contributed by atoms with E-state index >= 15 is 0 Å². The second kappa shape index (κ2) is 7.85. The molecule has 0 saturated heterocycles. The molecule has 1 heterocycles. The molecule has 0 bridgehead atoms. The van der Waals surface area contributed by atoms with Crippen molar-refractivity contribution in [1.29, 1.82) is 0 Å². The fraction of sp³-hybridized carbons (Fsp3) is 0.667. The Hall–Kier alpha value is -0.380. The van der Waals surface area contributed by atoms with Gasteiger partial charge in [-0.3, -0.25) is 11.3 Å². The molecule has 3 N–H and O–H groups in total. The smallest absolute Gasteiger partial charge is 0.0214 e. The van der Waals surface area contributed by atoms with Gasteiger partial charge < -0.3 is 0 Å². The van der Waals surface area contributed by atoms with E-state index < -0.39 is 0 Å². The minimum atomic E-state index is 0.485. The number of thiophene rings is 1. The Morgan fingerprint density at radius 3 is 2.87 bits per heavy atom. The van der Waals surface area contributed by atoms with Gasteiger partial charge in [-0.05, 0) is 30.7 Å². The van der Waals surface area contributed by atoms with Crippen LogP contribution < -0.4 is 11.3 Å². The topological polar surface area (TPSA) is 38.0 Å². The quantitative estimate of drug-likeness (QED) is 0.406. The number of hydrazine groups is 1. The average molecular weight is 226 g/mol. The van der Waals surface area contributed by atoms with Gasteiger partial charge in [0, 0.05) is 10.9 Å². The highest BCUT2D eigenvalue weighted by atomic mass is 32.1. The van der Waals surface area contributed by atoms with Gasteiger partial charge in [0.05, 0.1) is 0 Å². The van der Waals surface area contributed by atoms with Gasteiger partial charge in [0.15, 0.2) is 0 Å². The van der Waals surface area contributed by atoms with Crippen LogP contribution in [0.4, 0.5) is 0 Å². The van der Waals surface area contributed by atoms with E-state index in [9.17, 15) is 0 Å². The summed E-state index contributed by atoms with van der Waals surface area (Å²) in [5.41, 5.74) is 2.93. The van der Waals surface area contributed by atoms with E-state index in [0.717, 1.165) is 12.8 Å². The molecule has 1 atom stereocenters. The molecular formula is C12H22N2S. The first-order valence-electron chi connectivity index (χ1n) is 5.85. The number of unbranched alkanes of at least 4 members (excludes halogenated alkanes) is 2. The highest BCUT2D eigenvalue weighted by molar-refractivity contribution is 7.09. The maximum atomic E-state index is 5.55. The first kappa shape index (κ1) is 12.7. The summed E-state index contributed by atoms with van der Waals surface area (Å²) in [4.78, 5) is 1.46. The third-order valence-electron chi connectivity index (χ3n) is 2.71. The van der Waals surface area contributed by atoms with Crippen molar-refractivity contribution in [2.24, 2.45) is 5.84 Å². The molecule has 0 aromatic carbocycles. The number of rotatable bonds is 8. The molecule has 0 radical (unpaired) electrons. The lowest BCUT2D eigenvalue weighted by Crippen LogP contribution is -2.35. The minimum Gasteiger partial charge on any atom is -0.271 e. The van der Waals surface area contributed by atoms with Crippen molar-refractivity contribution in [3.05, 3.63) is 22.4 Å². The Balaban J connectivity index is 2.16. The first-order valence-corrected chi connectivity index (χ1v) is 6.73. The predicted molar refractivity (Wildman–Crippen MR) is 67.9 cm³/mol. The van der Waals surface area contributed by atoms with Crippen LogP contribution >= 0.6 is 11.3 Å². The molecule has 15 heavy (non-hydrogen) atoms. The Morgan fingerprint density at radius 2 is 2.27 bits per heavy atom. The van der Waals surface area contributed by atoms with Gasteiger partial charge in [-0.25, -0.2) is 0 Å². The maximum Gasteiger partial charge on any atom is 0.0214 e. The molecule has 1 aromatic rings. The third-order valence-corrected chi connectivity index (χ3v) is 3.65. The summed E-state index contributed by atoms with van der Waals surface area (Å²) in [5, 5.41) is 2.14. The van der Waals surface area contributed by atoms with Gasteiger partial charge >= 0.3 is 0 Å². The lowest BCUT2D eigenvalue weighted by atomic mass is 10.0. The molecule has 2 nitrogen and oxygen atoms in total. The molecule has 1 rings (SSSR count). The third kappa shape index (κ3) is 5.30. The van der Waals surface area contributed by atoms with Crippen LogP contribution in [-0.4, -0.2) is 6.04 Å². The molecule has 1 unspecified atom stereocenters. The molecule has 86 valence electrons. The van der Waals surface area contributed by atoms with Crippen LogP contribution in [0.3, 0.4) is 0 Å². The summed E-state index contributed by atoms with van der Waals surface area (Å²) in [6, 6.07) is 4.80. The normalized spacial score (nSPS) is 12.9. The molecule has 0 fully saturated rings. The maximum absolute atomic E-state index is 5.55. The Morgan fingerprint density at radius 1 is 1.40 bits per heavy atom. The number of hydrogen-bond acceptors (Lipinski definition) is 3. The number of nitrogens with two attached hydrogens (primary N) is 1. The zero-order valence-electron chi connectivity index (χ0n) is 9.54. The molecule has 1 aromatic heterocycles. The lowest BCUT2D eigenvalue weighted by Gasteiger charge is -2.14. The predicted octanol–water partition coefficient (Wildman–Crippen LogP) is 3.09. The van der Waals surface area contributed by atoms with Gasteiger partial charge in [-0.2, -0.15) is 0 Å². The summed E-state index contributed by atoms with van der Waals surface area (Å²) < 4.78 is 0. The van der Waals surface area contributed by atoms with Crippen LogP contribution in [-0.2, 0) is 6.42 Å². The fourth-order valence-electron chi connectivity index (χ4n) is 1.72. The summed E-state index contributed by atoms with van der Waals surface area (Å²) in [6.07, 6.45) is 7.39. The molecule has 0 saturated carbocycles. The van der Waals surface area contributed by atoms with Crippen molar-refractivity contribution in [1.82, 2.24) is 5.43 Å². The van der Waals surface area contributed by atoms with Crippen LogP contribution in [0.2, 0.25) is 0 Å². The van der Waals surface area contributed by atoms with Crippen LogP contribution in [0.25, 0.3) is 0 Å². The highest BCUT2D eigenvalue weighted by Crippen LogP contribution is 2.14. The van der Waals surface area contributed by atoms with Gasteiger partial charge in [0.25, 0.3) is 0 Å². The van der Waals surface area contributed by atoms with Crippen molar-refractivity contribution in [2.75, 3.05) is 0 Å². The van der Waals surface area contributed by atoms with Crippen LogP contribution in [0.15, 0.2) is 17.5 Å². The van der Waals surface area contributed by atoms with E-state index in [2.05, 4.69) is 29.9 Å². The standard InChI is InChI=1S/C12H22N2S/c1-2-3-4-6-11(14-13)8-9-12-7-5-10-15-12/h5,7,10-11,14H,2-4,6,8-9,13H2,1H3. The SMILES string of the molecule is CCCCCC(CCc1cccs1)NN. The Labute approximate surface area is 96.9 Å². The zero-order valence-corrected chi connectivity index (χ0v) is 10.4. The number of hydrogen-bond donors (Lipinski definition) is 2. The summed E-state index contributed by atoms with van der Waals surface area (Å²) >= 11 is 1.84. The van der Waals surface area contributed by atoms with E-state index in [0.29, 0.717) is 6.04 Å². The Bertz CT molecular complexity index is 234. The number of nitrogens with one attached hydrogen (secondary N) is 1. The van der Waals surface area contributed by atoms with E-state index in [1.165, 1.54) is 30.6 Å². The van der Waals surface area contributed by atoms with Crippen LogP contribution in [0, 0.1) is 0 Å². The molecule has 3 heteroatoms. The van der Waals surface area contributed by atoms with Crippen molar-refractivity contribution in [3.8, 4) is 0 Å². The molecular weight excluding hydrogens is 204 g/mol. The van der Waals surface area contributed by atoms with E-state index in [4.69, 9.17) is 5.84 Å². The van der Waals surface area contributed by atoms with Crippen molar-refractivity contribution in [3.63, 3.8) is 0 Å². The summed E-state index contributed by atoms with van der Waals surface area (Å²) in [5.74, 6) is 5.55. The molecule has 0 aliphatic heterocycles. The summed E-state index contributed by atoms with van der Waals surface area (Å²) in [7, 11) is 0. The van der Waals surface area contributed by atoms with Gasteiger partial charge in [0.2, 0.25) is 0 Å². The van der Waals surface area contributed by atoms with Crippen LogP contribution in [0.5, 0.6) is 0 Å². The van der Waals surface area contributed by atoms with Gasteiger partial charge in [0.1, 0.15) is 0 Å². The van der Waals surface area contributed by atoms with Crippen LogP contribution in [0.1, 0.15) is 43.9 Å². The highest BCUT2D eigenvalue weighted by Gasteiger charge is 2.06. The van der Waals surface area contributed by atoms with Gasteiger partial charge in [-0.1, -0.05) is 32.3 Å².